The number of benzene rings is 2. The number of aliphatic hydroxyl groups is 1. The van der Waals surface area contributed by atoms with E-state index in [0.717, 1.165) is 53.9 Å². The highest BCUT2D eigenvalue weighted by molar-refractivity contribution is 7.11. The van der Waals surface area contributed by atoms with E-state index in [1.165, 1.54) is 41.5 Å². The third-order valence-corrected chi connectivity index (χ3v) is 10.8. The second-order valence-corrected chi connectivity index (χ2v) is 15.0. The van der Waals surface area contributed by atoms with Crippen molar-refractivity contribution in [3.63, 3.8) is 0 Å². The van der Waals surface area contributed by atoms with Gasteiger partial charge in [-0.15, -0.1) is 11.3 Å². The third-order valence-electron chi connectivity index (χ3n) is 9.84. The van der Waals surface area contributed by atoms with Crippen LogP contribution in [-0.2, 0) is 0 Å². The number of carboxylic acid groups (broad SMARTS) is 1. The third kappa shape index (κ3) is 7.03. The summed E-state index contributed by atoms with van der Waals surface area (Å²) in [6, 6.07) is 15.1. The van der Waals surface area contributed by atoms with Crippen LogP contribution in [0.1, 0.15) is 66.9 Å². The minimum atomic E-state index is -0.970. The molecule has 1 saturated heterocycles. The standard InChI is InChI=1S/C39H40F2N4O4S/c1-23(46)27-15-32(40)36(33(41)16-27)28-17-34(50-22-28)31-18-39(2,3)10-8-26(31)20-44-12-13-45(29-6-4-24(5-7-29)38(47)48)35(21-44)49-30-14-25-9-11-42-37(25)43-19-30/h4-7,9,11,14-17,19,22-23,35,46H,8,10,12-13,18,20-21H2,1-3H3,(H,42,43)(H,47,48). The van der Waals surface area contributed by atoms with Crippen molar-refractivity contribution < 1.29 is 28.5 Å². The number of allylic oxidation sites excluding steroid dienone is 1. The zero-order valence-electron chi connectivity index (χ0n) is 28.2. The number of piperazine rings is 1. The van der Waals surface area contributed by atoms with Crippen LogP contribution in [0, 0.1) is 17.0 Å². The van der Waals surface area contributed by atoms with Crippen LogP contribution in [0.4, 0.5) is 14.5 Å². The molecule has 2 aliphatic rings. The number of ether oxygens (including phenoxy) is 1. The molecule has 2 atom stereocenters. The first-order valence-corrected chi connectivity index (χ1v) is 17.7. The van der Waals surface area contributed by atoms with Crippen LogP contribution < -0.4 is 9.64 Å². The zero-order chi connectivity index (χ0) is 35.2. The summed E-state index contributed by atoms with van der Waals surface area (Å²) < 4.78 is 37.0. The Bertz CT molecular complexity index is 2050. The Labute approximate surface area is 293 Å². The van der Waals surface area contributed by atoms with Crippen molar-refractivity contribution in [2.45, 2.75) is 52.4 Å². The highest BCUT2D eigenvalue weighted by Crippen LogP contribution is 2.46. The second kappa shape index (κ2) is 13.6. The number of nitrogens with one attached hydrogen (secondary N) is 1. The number of nitrogens with zero attached hydrogens (tertiary/aromatic N) is 3. The van der Waals surface area contributed by atoms with Crippen LogP contribution in [-0.4, -0.2) is 63.5 Å². The van der Waals surface area contributed by atoms with Gasteiger partial charge in [0.2, 0.25) is 0 Å². The molecule has 1 aliphatic carbocycles. The topological polar surface area (TPSA) is 102 Å². The van der Waals surface area contributed by atoms with Gasteiger partial charge in [0.1, 0.15) is 23.0 Å². The number of aromatic amines is 1. The minimum absolute atomic E-state index is 0.0751. The molecule has 11 heteroatoms. The van der Waals surface area contributed by atoms with Crippen molar-refractivity contribution in [3.05, 3.63) is 106 Å². The van der Waals surface area contributed by atoms with Gasteiger partial charge in [-0.05, 0) is 108 Å². The normalized spacial score (nSPS) is 18.8. The largest absolute Gasteiger partial charge is 0.478 e. The van der Waals surface area contributed by atoms with E-state index in [9.17, 15) is 15.0 Å². The lowest BCUT2D eigenvalue weighted by atomic mass is 9.73. The molecule has 5 aromatic rings. The first-order chi connectivity index (χ1) is 23.9. The number of aliphatic hydroxyl groups excluding tert-OH is 1. The van der Waals surface area contributed by atoms with Gasteiger partial charge in [0.05, 0.1) is 30.0 Å². The van der Waals surface area contributed by atoms with E-state index >= 15 is 8.78 Å². The minimum Gasteiger partial charge on any atom is -0.478 e. The molecule has 3 aromatic heterocycles. The Morgan fingerprint density at radius 2 is 1.88 bits per heavy atom. The molecule has 4 heterocycles. The van der Waals surface area contributed by atoms with E-state index in [1.807, 2.05) is 41.9 Å². The summed E-state index contributed by atoms with van der Waals surface area (Å²) >= 11 is 1.51. The average molecular weight is 699 g/mol. The van der Waals surface area contributed by atoms with E-state index in [4.69, 9.17) is 4.74 Å². The maximum Gasteiger partial charge on any atom is 0.335 e. The molecule has 7 rings (SSSR count). The fourth-order valence-electron chi connectivity index (χ4n) is 7.05. The number of thiophene rings is 1. The number of anilines is 1. The molecule has 50 heavy (non-hydrogen) atoms. The summed E-state index contributed by atoms with van der Waals surface area (Å²) in [5, 5.41) is 22.1. The van der Waals surface area contributed by atoms with Crippen LogP contribution in [0.25, 0.3) is 27.7 Å². The number of pyridine rings is 1. The Kier molecular flexibility index (Phi) is 9.23. The Morgan fingerprint density at radius 3 is 2.60 bits per heavy atom. The van der Waals surface area contributed by atoms with Crippen molar-refractivity contribution in [1.29, 1.82) is 0 Å². The molecule has 8 nitrogen and oxygen atoms in total. The van der Waals surface area contributed by atoms with Crippen molar-refractivity contribution in [1.82, 2.24) is 14.9 Å². The van der Waals surface area contributed by atoms with Crippen LogP contribution >= 0.6 is 11.3 Å². The number of carboxylic acids is 1. The van der Waals surface area contributed by atoms with Gasteiger partial charge < -0.3 is 24.8 Å². The van der Waals surface area contributed by atoms with Crippen LogP contribution in [0.2, 0.25) is 0 Å². The van der Waals surface area contributed by atoms with Crippen molar-refractivity contribution >= 4 is 39.6 Å². The van der Waals surface area contributed by atoms with E-state index in [0.29, 0.717) is 24.4 Å². The lowest BCUT2D eigenvalue weighted by Crippen LogP contribution is -2.56. The van der Waals surface area contributed by atoms with Gasteiger partial charge in [-0.1, -0.05) is 19.4 Å². The molecule has 0 bridgehead atoms. The van der Waals surface area contributed by atoms with E-state index in [1.54, 1.807) is 18.3 Å². The molecule has 2 aromatic carbocycles. The van der Waals surface area contributed by atoms with Crippen LogP contribution in [0.5, 0.6) is 5.75 Å². The Balaban J connectivity index is 1.17. The number of aromatic carboxylic acids is 1. The molecule has 3 N–H and O–H groups in total. The molecular formula is C39H40F2N4O4S. The molecule has 260 valence electrons. The van der Waals surface area contributed by atoms with Gasteiger partial charge in [0.15, 0.2) is 6.23 Å². The molecule has 0 radical (unpaired) electrons. The summed E-state index contributed by atoms with van der Waals surface area (Å²) in [7, 11) is 0. The lowest BCUT2D eigenvalue weighted by Gasteiger charge is -2.43. The number of hydrogen-bond acceptors (Lipinski definition) is 7. The van der Waals surface area contributed by atoms with Crippen molar-refractivity contribution in [3.8, 4) is 16.9 Å². The molecule has 1 aliphatic heterocycles. The van der Waals surface area contributed by atoms with E-state index in [-0.39, 0.29) is 28.3 Å². The monoisotopic (exact) mass is 698 g/mol. The predicted octanol–water partition coefficient (Wildman–Crippen LogP) is 8.51. The van der Waals surface area contributed by atoms with Gasteiger partial charge >= 0.3 is 5.97 Å². The number of H-pyrrole nitrogens is 1. The maximum absolute atomic E-state index is 15.2. The van der Waals surface area contributed by atoms with E-state index < -0.39 is 23.7 Å². The maximum atomic E-state index is 15.2. The molecule has 0 saturated carbocycles. The predicted molar refractivity (Wildman–Crippen MR) is 193 cm³/mol. The highest BCUT2D eigenvalue weighted by atomic mass is 32.1. The summed E-state index contributed by atoms with van der Waals surface area (Å²) in [4.78, 5) is 24.7. The summed E-state index contributed by atoms with van der Waals surface area (Å²) in [5.74, 6) is -1.70. The number of halogens is 2. The number of hydrogen-bond donors (Lipinski definition) is 3. The number of fused-ring (bicyclic) bond motifs is 1. The molecule has 0 spiro atoms. The van der Waals surface area contributed by atoms with Gasteiger partial charge in [-0.3, -0.25) is 4.90 Å². The SMILES string of the molecule is CC(O)c1cc(F)c(-c2csc(C3=C(CN4CCN(c5ccc(C(=O)O)cc5)C(Oc5cnc6[nH]ccc6c5)C4)CCC(C)(C)C3)c2)c(F)c1. The van der Waals surface area contributed by atoms with E-state index in [2.05, 4.69) is 33.6 Å². The van der Waals surface area contributed by atoms with Gasteiger partial charge in [0, 0.05) is 41.8 Å². The summed E-state index contributed by atoms with van der Waals surface area (Å²) in [6.45, 7) is 8.76. The highest BCUT2D eigenvalue weighted by Gasteiger charge is 2.33. The number of carbonyl (C=O) groups is 1. The summed E-state index contributed by atoms with van der Waals surface area (Å²) in [6.07, 6.45) is 5.02. The first-order valence-electron chi connectivity index (χ1n) is 16.8. The second-order valence-electron chi connectivity index (χ2n) is 14.1. The summed E-state index contributed by atoms with van der Waals surface area (Å²) in [5.41, 5.74) is 5.13. The van der Waals surface area contributed by atoms with Gasteiger partial charge in [-0.2, -0.15) is 0 Å². The smallest absolute Gasteiger partial charge is 0.335 e. The molecule has 1 fully saturated rings. The Morgan fingerprint density at radius 1 is 1.12 bits per heavy atom. The fraction of sp³-hybridized carbons (Fsp3) is 0.333. The average Bonchev–Trinajstić information content (AvgIpc) is 3.75. The first kappa shape index (κ1) is 33.9. The van der Waals surface area contributed by atoms with Crippen LogP contribution in [0.15, 0.2) is 77.9 Å². The molecule has 2 unspecified atom stereocenters. The number of rotatable bonds is 9. The van der Waals surface area contributed by atoms with Crippen molar-refractivity contribution in [2.24, 2.45) is 5.41 Å². The fourth-order valence-corrected chi connectivity index (χ4v) is 8.05. The molecular weight excluding hydrogens is 659 g/mol. The lowest BCUT2D eigenvalue weighted by molar-refractivity contribution is 0.0697. The quantitative estimate of drug-likeness (QED) is 0.142. The molecule has 0 amide bonds. The van der Waals surface area contributed by atoms with Crippen LogP contribution in [0.3, 0.4) is 0 Å². The van der Waals surface area contributed by atoms with Gasteiger partial charge in [0.25, 0.3) is 0 Å². The Hall–Kier alpha value is -4.58. The zero-order valence-corrected chi connectivity index (χ0v) is 29.1. The van der Waals surface area contributed by atoms with Crippen molar-refractivity contribution in [2.75, 3.05) is 31.1 Å². The number of aromatic nitrogens is 2. The van der Waals surface area contributed by atoms with Gasteiger partial charge in [-0.25, -0.2) is 18.6 Å².